The van der Waals surface area contributed by atoms with Gasteiger partial charge in [0.2, 0.25) is 11.8 Å². The Labute approximate surface area is 320 Å². The molecule has 0 aromatic heterocycles. The minimum atomic E-state index is -2.33. The SMILES string of the molecule is C[C@]12C=CC(=O)C=C1[C@@H](F)C[C@H]1[C@@H]3C[C@H]4O[C@@H](c5ccc(Sc6cccc(NC(=O)CCN7C(=O)C=CC7O)c6)cc5)O[C@@]4(C(=O)CO)[C@@]3(C)C[C@H](O)[C@@]12F. The second-order valence-corrected chi connectivity index (χ2v) is 16.9. The van der Waals surface area contributed by atoms with Crippen molar-refractivity contribution < 1.29 is 52.8 Å². The zero-order chi connectivity index (χ0) is 39.1. The maximum atomic E-state index is 17.7. The molecule has 6 aliphatic rings. The molecular formula is C41H42F2N2O9S. The lowest BCUT2D eigenvalue weighted by molar-refractivity contribution is -0.235. The predicted octanol–water partition coefficient (Wildman–Crippen LogP) is 4.53. The zero-order valence-electron chi connectivity index (χ0n) is 30.2. The fourth-order valence-electron chi connectivity index (χ4n) is 10.4. The first-order chi connectivity index (χ1) is 26.1. The number of rotatable bonds is 9. The zero-order valence-corrected chi connectivity index (χ0v) is 31.0. The number of allylic oxidation sites excluding steroid dienone is 4. The number of benzene rings is 2. The first-order valence-electron chi connectivity index (χ1n) is 18.4. The molecule has 0 bridgehead atoms. The molecule has 3 saturated carbocycles. The molecule has 4 fully saturated rings. The van der Waals surface area contributed by atoms with Gasteiger partial charge in [0, 0.05) is 56.8 Å². The number of Topliss-reactive ketones (excluding diaryl/α,β-unsaturated/α-hetero) is 1. The lowest BCUT2D eigenvalue weighted by Gasteiger charge is -2.63. The number of hydrogen-bond donors (Lipinski definition) is 4. The normalized spacial score (nSPS) is 38.6. The first kappa shape index (κ1) is 37.9. The van der Waals surface area contributed by atoms with E-state index < -0.39 is 83.0 Å². The number of hydrogen-bond acceptors (Lipinski definition) is 10. The van der Waals surface area contributed by atoms with E-state index in [2.05, 4.69) is 5.32 Å². The van der Waals surface area contributed by atoms with Crippen molar-refractivity contribution in [2.45, 2.75) is 91.5 Å². The van der Waals surface area contributed by atoms with Crippen LogP contribution >= 0.6 is 11.8 Å². The van der Waals surface area contributed by atoms with E-state index in [0.717, 1.165) is 15.9 Å². The largest absolute Gasteiger partial charge is 0.390 e. The fraction of sp³-hybridized carbons (Fsp3) is 0.463. The van der Waals surface area contributed by atoms with Crippen LogP contribution in [0.15, 0.2) is 94.3 Å². The summed E-state index contributed by atoms with van der Waals surface area (Å²) in [6.07, 6.45) is -0.222. The molecule has 1 unspecified atom stereocenters. The number of halogens is 2. The Kier molecular flexibility index (Phi) is 9.33. The van der Waals surface area contributed by atoms with Gasteiger partial charge in [0.15, 0.2) is 29.1 Å². The van der Waals surface area contributed by atoms with Gasteiger partial charge in [0.25, 0.3) is 0 Å². The summed E-state index contributed by atoms with van der Waals surface area (Å²) in [7, 11) is 0. The minimum absolute atomic E-state index is 0.00892. The van der Waals surface area contributed by atoms with Gasteiger partial charge in [-0.05, 0) is 86.2 Å². The highest BCUT2D eigenvalue weighted by atomic mass is 32.2. The number of nitrogens with one attached hydrogen (secondary N) is 1. The third-order valence-electron chi connectivity index (χ3n) is 13.0. The van der Waals surface area contributed by atoms with Crippen molar-refractivity contribution in [1.29, 1.82) is 0 Å². The van der Waals surface area contributed by atoms with Crippen LogP contribution in [0.5, 0.6) is 0 Å². The van der Waals surface area contributed by atoms with Gasteiger partial charge in [-0.25, -0.2) is 8.78 Å². The standard InChI is InChI=1S/C41H42F2N2O9S/c1-38-14-12-24(47)17-29(38)30(42)18-28-27-19-33-41(32(49)21-46,39(27,2)20-31(48)40(28,38)43)54-37(53-33)22-6-8-25(9-7-22)55-26-5-3-4-23(16-26)44-34(50)13-15-45-35(51)10-11-36(45)52/h3-12,14,16-17,27-28,30-31,33,35,37,46,48,51H,13,15,18-21H2,1-2H3,(H,44,50)/t27-,28-,30-,31-,33+,35?,37+,38-,39-,40-,41+/m0/s1. The Morgan fingerprint density at radius 1 is 1.04 bits per heavy atom. The summed E-state index contributed by atoms with van der Waals surface area (Å²) in [4.78, 5) is 53.3. The van der Waals surface area contributed by atoms with Crippen molar-refractivity contribution in [3.05, 3.63) is 90.0 Å². The van der Waals surface area contributed by atoms with Gasteiger partial charge < -0.3 is 35.0 Å². The molecule has 2 aromatic carbocycles. The average molecular weight is 777 g/mol. The Balaban J connectivity index is 0.975. The van der Waals surface area contributed by atoms with E-state index in [0.29, 0.717) is 11.3 Å². The molecule has 55 heavy (non-hydrogen) atoms. The molecule has 8 rings (SSSR count). The number of alkyl halides is 2. The van der Waals surface area contributed by atoms with E-state index in [4.69, 9.17) is 9.47 Å². The smallest absolute Gasteiger partial charge is 0.248 e. The summed E-state index contributed by atoms with van der Waals surface area (Å²) in [6, 6.07) is 14.5. The molecule has 1 saturated heterocycles. The van der Waals surface area contributed by atoms with E-state index in [1.54, 1.807) is 31.2 Å². The van der Waals surface area contributed by atoms with Gasteiger partial charge in [-0.15, -0.1) is 0 Å². The summed E-state index contributed by atoms with van der Waals surface area (Å²) in [6.45, 7) is 2.47. The minimum Gasteiger partial charge on any atom is -0.390 e. The second-order valence-electron chi connectivity index (χ2n) is 15.8. The van der Waals surface area contributed by atoms with Crippen LogP contribution in [-0.4, -0.2) is 92.6 Å². The fourth-order valence-corrected chi connectivity index (χ4v) is 11.2. The van der Waals surface area contributed by atoms with E-state index in [-0.39, 0.29) is 49.6 Å². The Morgan fingerprint density at radius 3 is 2.51 bits per heavy atom. The van der Waals surface area contributed by atoms with E-state index in [9.17, 15) is 34.5 Å². The summed E-state index contributed by atoms with van der Waals surface area (Å²) in [5.41, 5.74) is -5.70. The molecule has 2 aliphatic heterocycles. The average Bonchev–Trinajstić information content (AvgIpc) is 3.78. The van der Waals surface area contributed by atoms with Gasteiger partial charge in [-0.3, -0.25) is 19.2 Å². The van der Waals surface area contributed by atoms with Crippen LogP contribution < -0.4 is 5.32 Å². The lowest BCUT2D eigenvalue weighted by atomic mass is 9.44. The number of carbonyl (C=O) groups excluding carboxylic acids is 4. The van der Waals surface area contributed by atoms with Crippen molar-refractivity contribution in [3.8, 4) is 0 Å². The van der Waals surface area contributed by atoms with Gasteiger partial charge in [-0.2, -0.15) is 0 Å². The van der Waals surface area contributed by atoms with Crippen molar-refractivity contribution in [1.82, 2.24) is 4.90 Å². The Morgan fingerprint density at radius 2 is 1.80 bits per heavy atom. The molecule has 4 aliphatic carbocycles. The third kappa shape index (κ3) is 5.70. The van der Waals surface area contributed by atoms with Crippen molar-refractivity contribution in [2.24, 2.45) is 22.7 Å². The van der Waals surface area contributed by atoms with E-state index in [1.807, 2.05) is 24.3 Å². The molecule has 2 heterocycles. The van der Waals surface area contributed by atoms with Crippen LogP contribution in [0, 0.1) is 22.7 Å². The van der Waals surface area contributed by atoms with Gasteiger partial charge >= 0.3 is 0 Å². The summed E-state index contributed by atoms with van der Waals surface area (Å²) in [5.74, 6) is -3.43. The van der Waals surface area contributed by atoms with E-state index in [1.165, 1.54) is 47.9 Å². The van der Waals surface area contributed by atoms with Crippen LogP contribution in [0.3, 0.4) is 0 Å². The van der Waals surface area contributed by atoms with Crippen molar-refractivity contribution >= 4 is 40.8 Å². The molecule has 11 atom stereocenters. The molecule has 0 spiro atoms. The molecule has 0 radical (unpaired) electrons. The number of ketones is 2. The maximum absolute atomic E-state index is 17.7. The maximum Gasteiger partial charge on any atom is 0.248 e. The lowest BCUT2D eigenvalue weighted by Crippen LogP contribution is -2.70. The number of anilines is 1. The molecule has 2 aromatic rings. The number of aliphatic hydroxyl groups is 3. The predicted molar refractivity (Wildman–Crippen MR) is 195 cm³/mol. The summed E-state index contributed by atoms with van der Waals surface area (Å²) >= 11 is 1.44. The third-order valence-corrected chi connectivity index (χ3v) is 14.0. The van der Waals surface area contributed by atoms with E-state index >= 15 is 8.78 Å². The van der Waals surface area contributed by atoms with Crippen molar-refractivity contribution in [2.75, 3.05) is 18.5 Å². The number of carbonyl (C=O) groups is 4. The number of amides is 2. The molecule has 2 amide bonds. The van der Waals surface area contributed by atoms with Gasteiger partial charge in [0.05, 0.1) is 12.2 Å². The monoisotopic (exact) mass is 776 g/mol. The quantitative estimate of drug-likeness (QED) is 0.285. The van der Waals surface area contributed by atoms with Gasteiger partial charge in [0.1, 0.15) is 19.0 Å². The number of nitrogens with zero attached hydrogens (tertiary/aromatic N) is 1. The van der Waals surface area contributed by atoms with Crippen LogP contribution in [0.2, 0.25) is 0 Å². The number of fused-ring (bicyclic) bond motifs is 7. The summed E-state index contributed by atoms with van der Waals surface area (Å²) < 4.78 is 46.6. The second kappa shape index (κ2) is 13.6. The molecule has 290 valence electrons. The molecule has 4 N–H and O–H groups in total. The molecule has 11 nitrogen and oxygen atoms in total. The summed E-state index contributed by atoms with van der Waals surface area (Å²) in [5, 5.41) is 34.7. The Hall–Kier alpha value is -4.05. The number of ether oxygens (including phenoxy) is 2. The van der Waals surface area contributed by atoms with Gasteiger partial charge in [-0.1, -0.05) is 43.0 Å². The Bertz CT molecular complexity index is 2040. The number of aliphatic hydroxyl groups excluding tert-OH is 3. The highest BCUT2D eigenvalue weighted by Gasteiger charge is 2.80. The highest BCUT2D eigenvalue weighted by Crippen LogP contribution is 2.72. The van der Waals surface area contributed by atoms with Crippen molar-refractivity contribution in [3.63, 3.8) is 0 Å². The molecule has 14 heteroatoms. The molecular weight excluding hydrogens is 735 g/mol. The topological polar surface area (TPSA) is 163 Å². The van der Waals surface area contributed by atoms with Crippen LogP contribution in [0.1, 0.15) is 51.4 Å². The first-order valence-corrected chi connectivity index (χ1v) is 19.2. The van der Waals surface area contributed by atoms with Crippen LogP contribution in [0.4, 0.5) is 14.5 Å². The van der Waals surface area contributed by atoms with Crippen LogP contribution in [-0.2, 0) is 28.7 Å². The van der Waals surface area contributed by atoms with Crippen LogP contribution in [0.25, 0.3) is 0 Å². The highest BCUT2D eigenvalue weighted by molar-refractivity contribution is 7.99.